The van der Waals surface area contributed by atoms with Crippen molar-refractivity contribution in [1.82, 2.24) is 9.21 Å². The van der Waals surface area contributed by atoms with Gasteiger partial charge in [0, 0.05) is 61.7 Å². The molecule has 2 aromatic rings. The number of piperidine rings is 1. The monoisotopic (exact) mass is 525 g/mol. The summed E-state index contributed by atoms with van der Waals surface area (Å²) >= 11 is 1.49. The van der Waals surface area contributed by atoms with Crippen LogP contribution >= 0.6 is 11.9 Å². The Labute approximate surface area is 223 Å². The van der Waals surface area contributed by atoms with Crippen molar-refractivity contribution in [2.75, 3.05) is 31.5 Å². The van der Waals surface area contributed by atoms with E-state index in [1.807, 2.05) is 66.7 Å². The van der Waals surface area contributed by atoms with E-state index in [0.717, 1.165) is 37.4 Å². The van der Waals surface area contributed by atoms with E-state index in [2.05, 4.69) is 22.4 Å². The first-order chi connectivity index (χ1) is 17.9. The third kappa shape index (κ3) is 7.76. The van der Waals surface area contributed by atoms with Gasteiger partial charge in [0.05, 0.1) is 0 Å². The Hall–Kier alpha value is -2.48. The van der Waals surface area contributed by atoms with Gasteiger partial charge in [-0.15, -0.1) is 0 Å². The molecule has 1 amide bonds. The van der Waals surface area contributed by atoms with Crippen molar-refractivity contribution < 1.29 is 13.6 Å². The summed E-state index contributed by atoms with van der Waals surface area (Å²) in [4.78, 5) is 16.2. The molecule has 4 nitrogen and oxygen atoms in total. The highest BCUT2D eigenvalue weighted by Gasteiger charge is 2.34. The number of alkyl halides is 2. The minimum atomic E-state index is -2.54. The molecule has 1 saturated heterocycles. The fourth-order valence-electron chi connectivity index (χ4n) is 4.84. The summed E-state index contributed by atoms with van der Waals surface area (Å²) < 4.78 is 28.6. The van der Waals surface area contributed by atoms with E-state index in [1.165, 1.54) is 29.5 Å². The van der Waals surface area contributed by atoms with Gasteiger partial charge in [0.2, 0.25) is 0 Å². The van der Waals surface area contributed by atoms with Crippen LogP contribution in [0.15, 0.2) is 76.7 Å². The molecule has 37 heavy (non-hydrogen) atoms. The summed E-state index contributed by atoms with van der Waals surface area (Å²) in [6, 6.07) is 15.4. The van der Waals surface area contributed by atoms with E-state index in [-0.39, 0.29) is 18.7 Å². The van der Waals surface area contributed by atoms with Gasteiger partial charge in [0.25, 0.3) is 11.8 Å². The number of anilines is 1. The number of amides is 1. The van der Waals surface area contributed by atoms with Crippen LogP contribution in [-0.4, -0.2) is 47.2 Å². The van der Waals surface area contributed by atoms with Crippen molar-refractivity contribution >= 4 is 23.5 Å². The highest BCUT2D eigenvalue weighted by Crippen LogP contribution is 2.33. The number of hydrogen-bond donors (Lipinski definition) is 1. The van der Waals surface area contributed by atoms with Gasteiger partial charge in [-0.3, -0.25) is 9.69 Å². The van der Waals surface area contributed by atoms with Crippen LogP contribution in [0.5, 0.6) is 0 Å². The normalized spacial score (nSPS) is 19.6. The Morgan fingerprint density at radius 3 is 2.38 bits per heavy atom. The molecule has 0 radical (unpaired) electrons. The van der Waals surface area contributed by atoms with Gasteiger partial charge in [-0.05, 0) is 78.7 Å². The highest BCUT2D eigenvalue weighted by atomic mass is 32.2. The number of rotatable bonds is 6. The number of benzene rings is 2. The average Bonchev–Trinajstić information content (AvgIpc) is 2.92. The van der Waals surface area contributed by atoms with Gasteiger partial charge in [-0.2, -0.15) is 0 Å². The number of allylic oxidation sites excluding steroid dienone is 2. The Bertz CT molecular complexity index is 1100. The minimum Gasteiger partial charge on any atom is -0.322 e. The number of carbonyl (C=O) groups excluding carboxylic acids is 1. The zero-order chi connectivity index (χ0) is 26.3. The Balaban J connectivity index is 0.00000156. The molecule has 198 valence electrons. The van der Waals surface area contributed by atoms with Crippen molar-refractivity contribution in [1.29, 1.82) is 0 Å². The van der Waals surface area contributed by atoms with Crippen LogP contribution in [0.1, 0.15) is 61.9 Å². The molecule has 0 atom stereocenters. The van der Waals surface area contributed by atoms with E-state index in [0.29, 0.717) is 24.3 Å². The third-order valence-electron chi connectivity index (χ3n) is 6.92. The quantitative estimate of drug-likeness (QED) is 0.395. The molecule has 1 fully saturated rings. The summed E-state index contributed by atoms with van der Waals surface area (Å²) in [6.07, 6.45) is 7.85. The smallest absolute Gasteiger partial charge is 0.255 e. The van der Waals surface area contributed by atoms with E-state index >= 15 is 0 Å². The van der Waals surface area contributed by atoms with Gasteiger partial charge in [-0.1, -0.05) is 43.7 Å². The number of carbonyl (C=O) groups is 1. The Morgan fingerprint density at radius 2 is 1.68 bits per heavy atom. The predicted octanol–water partition coefficient (Wildman–Crippen LogP) is 7.56. The van der Waals surface area contributed by atoms with Crippen LogP contribution in [0.25, 0.3) is 0 Å². The van der Waals surface area contributed by atoms with Gasteiger partial charge in [0.15, 0.2) is 0 Å². The lowest BCUT2D eigenvalue weighted by molar-refractivity contribution is -0.0399. The lowest BCUT2D eigenvalue weighted by Gasteiger charge is -2.31. The fraction of sp³-hybridized carbons (Fsp3) is 0.433. The second-order valence-electron chi connectivity index (χ2n) is 9.58. The standard InChI is InChI=1S/C28H31F2N3OS.C2H6/c29-28(30)14-17-33(18-15-28)35-26-11-9-25(10-12-26)31-27(34)23-7-5-21(6-8-23)19-32-16-13-22-3-1-2-4-24(22)20-32;1-2/h1,3,5-12H,2,4,13-20H2,(H,31,34);1-2H3. The maximum atomic E-state index is 13.3. The summed E-state index contributed by atoms with van der Waals surface area (Å²) in [5, 5.41) is 2.95. The predicted molar refractivity (Wildman–Crippen MR) is 149 cm³/mol. The SMILES string of the molecule is CC.O=C(Nc1ccc(SN2CCC(F)(F)CC2)cc1)c1ccc(CN2CCC3=C(CCC=C3)C2)cc1. The number of nitrogens with one attached hydrogen (secondary N) is 1. The second-order valence-corrected chi connectivity index (χ2v) is 10.8. The van der Waals surface area contributed by atoms with Crippen molar-refractivity contribution in [2.24, 2.45) is 0 Å². The molecule has 2 heterocycles. The van der Waals surface area contributed by atoms with Gasteiger partial charge in [0.1, 0.15) is 0 Å². The van der Waals surface area contributed by atoms with Crippen LogP contribution in [0.4, 0.5) is 14.5 Å². The van der Waals surface area contributed by atoms with Gasteiger partial charge < -0.3 is 5.32 Å². The van der Waals surface area contributed by atoms with Crippen LogP contribution in [0.3, 0.4) is 0 Å². The number of halogens is 2. The van der Waals surface area contributed by atoms with Crippen LogP contribution in [0.2, 0.25) is 0 Å². The van der Waals surface area contributed by atoms with Gasteiger partial charge in [-0.25, -0.2) is 13.1 Å². The average molecular weight is 526 g/mol. The topological polar surface area (TPSA) is 35.6 Å². The number of hydrogen-bond acceptors (Lipinski definition) is 4. The summed E-state index contributed by atoms with van der Waals surface area (Å²) in [6.45, 7) is 7.76. The molecule has 0 spiro atoms. The molecule has 0 bridgehead atoms. The first-order valence-electron chi connectivity index (χ1n) is 13.3. The highest BCUT2D eigenvalue weighted by molar-refractivity contribution is 7.97. The lowest BCUT2D eigenvalue weighted by Crippen LogP contribution is -2.35. The largest absolute Gasteiger partial charge is 0.322 e. The third-order valence-corrected chi connectivity index (χ3v) is 8.03. The maximum Gasteiger partial charge on any atom is 0.255 e. The first kappa shape index (κ1) is 27.6. The summed E-state index contributed by atoms with van der Waals surface area (Å²) in [5.41, 5.74) is 5.67. The van der Waals surface area contributed by atoms with E-state index in [9.17, 15) is 13.6 Å². The van der Waals surface area contributed by atoms with Gasteiger partial charge >= 0.3 is 0 Å². The molecule has 2 aliphatic heterocycles. The zero-order valence-electron chi connectivity index (χ0n) is 21.8. The van der Waals surface area contributed by atoms with E-state index in [4.69, 9.17) is 0 Å². The summed E-state index contributed by atoms with van der Waals surface area (Å²) in [5.74, 6) is -2.68. The molecule has 0 unspecified atom stereocenters. The van der Waals surface area contributed by atoms with Crippen LogP contribution in [-0.2, 0) is 6.54 Å². The molecule has 7 heteroatoms. The second kappa shape index (κ2) is 12.9. The Kier molecular flexibility index (Phi) is 9.57. The molecule has 0 saturated carbocycles. The first-order valence-corrected chi connectivity index (χ1v) is 14.1. The lowest BCUT2D eigenvalue weighted by atomic mass is 9.92. The van der Waals surface area contributed by atoms with Crippen LogP contribution in [0, 0.1) is 0 Å². The van der Waals surface area contributed by atoms with E-state index < -0.39 is 5.92 Å². The molecule has 1 N–H and O–H groups in total. The maximum absolute atomic E-state index is 13.3. The molecule has 1 aliphatic carbocycles. The molecular formula is C30H37F2N3OS. The number of nitrogens with zero attached hydrogens (tertiary/aromatic N) is 2. The fourth-order valence-corrected chi connectivity index (χ4v) is 5.76. The van der Waals surface area contributed by atoms with Crippen LogP contribution < -0.4 is 5.32 Å². The molecule has 3 aliphatic rings. The van der Waals surface area contributed by atoms with Crippen molar-refractivity contribution in [3.63, 3.8) is 0 Å². The van der Waals surface area contributed by atoms with Crippen molar-refractivity contribution in [2.45, 2.75) is 63.3 Å². The minimum absolute atomic E-state index is 0.0957. The molecular weight excluding hydrogens is 488 g/mol. The molecule has 0 aromatic heterocycles. The molecule has 5 rings (SSSR count). The summed E-state index contributed by atoms with van der Waals surface area (Å²) in [7, 11) is 0. The zero-order valence-corrected chi connectivity index (χ0v) is 22.6. The van der Waals surface area contributed by atoms with Crippen molar-refractivity contribution in [3.8, 4) is 0 Å². The van der Waals surface area contributed by atoms with Crippen molar-refractivity contribution in [3.05, 3.63) is 83.0 Å². The van der Waals surface area contributed by atoms with E-state index in [1.54, 1.807) is 5.57 Å². The Morgan fingerprint density at radius 1 is 0.973 bits per heavy atom. The molecule has 2 aromatic carbocycles.